The zero-order valence-corrected chi connectivity index (χ0v) is 19.1. The summed E-state index contributed by atoms with van der Waals surface area (Å²) in [5, 5.41) is 15.0. The van der Waals surface area contributed by atoms with Crippen molar-refractivity contribution in [1.29, 1.82) is 0 Å². The molecule has 0 aliphatic rings. The molecule has 182 valence electrons. The largest absolute Gasteiger partial charge is 0.356 e. The number of aromatic nitrogens is 2. The minimum Gasteiger partial charge on any atom is -0.276 e. The van der Waals surface area contributed by atoms with E-state index in [2.05, 4.69) is 31.7 Å². The predicted octanol–water partition coefficient (Wildman–Crippen LogP) is 4.21. The van der Waals surface area contributed by atoms with Crippen molar-refractivity contribution in [2.75, 3.05) is 10.9 Å². The molecule has 0 fully saturated rings. The number of fused-ring (bicyclic) bond motifs is 2. The molecule has 1 aromatic heterocycles. The van der Waals surface area contributed by atoms with E-state index < -0.39 is 22.4 Å². The normalized spacial score (nSPS) is 10.6. The number of nitrogens with one attached hydrogen (secondary N) is 4. The van der Waals surface area contributed by atoms with Crippen LogP contribution in [0.5, 0.6) is 0 Å². The standard InChI is InChI=1S/C26H19N7O4/c34-25(20-13-5-9-16-7-1-3-11-18(16)20)31-29-23-22(33(36)37)24(28-15-27-23)30-32-26(35)21-14-6-10-17-8-2-4-12-19(17)21/h1-15H,(H,31,34)(H,32,35)(H2,27,28,29,30). The highest BCUT2D eigenvalue weighted by molar-refractivity contribution is 6.08. The van der Waals surface area contributed by atoms with Gasteiger partial charge in [-0.25, -0.2) is 9.97 Å². The predicted molar refractivity (Wildman–Crippen MR) is 139 cm³/mol. The van der Waals surface area contributed by atoms with Crippen molar-refractivity contribution in [2.24, 2.45) is 0 Å². The Bertz CT molecular complexity index is 1550. The van der Waals surface area contributed by atoms with E-state index in [9.17, 15) is 19.7 Å². The lowest BCUT2D eigenvalue weighted by Gasteiger charge is -2.13. The van der Waals surface area contributed by atoms with Crippen LogP contribution in [0.2, 0.25) is 0 Å². The Hall–Kier alpha value is -5.58. The summed E-state index contributed by atoms with van der Waals surface area (Å²) in [6.45, 7) is 0. The number of rotatable bonds is 7. The van der Waals surface area contributed by atoms with E-state index >= 15 is 0 Å². The Morgan fingerprint density at radius 1 is 0.649 bits per heavy atom. The molecule has 2 amide bonds. The molecule has 4 aromatic carbocycles. The van der Waals surface area contributed by atoms with E-state index in [0.717, 1.165) is 27.9 Å². The Morgan fingerprint density at radius 2 is 1.08 bits per heavy atom. The molecule has 4 N–H and O–H groups in total. The van der Waals surface area contributed by atoms with Crippen LogP contribution in [0.25, 0.3) is 21.5 Å². The number of anilines is 2. The van der Waals surface area contributed by atoms with Gasteiger partial charge in [0.15, 0.2) is 0 Å². The fourth-order valence-electron chi connectivity index (χ4n) is 3.95. The summed E-state index contributed by atoms with van der Waals surface area (Å²) in [6.07, 6.45) is 1.06. The lowest BCUT2D eigenvalue weighted by atomic mass is 10.0. The van der Waals surface area contributed by atoms with Gasteiger partial charge in [-0.1, -0.05) is 72.8 Å². The van der Waals surface area contributed by atoms with Gasteiger partial charge in [0.05, 0.1) is 4.92 Å². The van der Waals surface area contributed by atoms with E-state index in [1.165, 1.54) is 0 Å². The SMILES string of the molecule is O=C(NNc1ncnc(NNC(=O)c2cccc3ccccc23)c1[N+](=O)[O-])c1cccc2ccccc12. The molecule has 0 unspecified atom stereocenters. The number of hydrogen-bond acceptors (Lipinski definition) is 8. The first kappa shape index (κ1) is 23.2. The molecule has 0 saturated carbocycles. The van der Waals surface area contributed by atoms with Gasteiger partial charge in [0.1, 0.15) is 6.33 Å². The third kappa shape index (κ3) is 4.68. The number of benzene rings is 4. The van der Waals surface area contributed by atoms with E-state index in [4.69, 9.17) is 0 Å². The number of amides is 2. The molecule has 11 nitrogen and oxygen atoms in total. The maximum Gasteiger partial charge on any atom is 0.356 e. The number of nitrogens with zero attached hydrogens (tertiary/aromatic N) is 3. The van der Waals surface area contributed by atoms with Gasteiger partial charge in [-0.3, -0.25) is 41.4 Å². The Kier molecular flexibility index (Phi) is 6.24. The van der Waals surface area contributed by atoms with Crippen LogP contribution in [0, 0.1) is 10.1 Å². The molecule has 37 heavy (non-hydrogen) atoms. The van der Waals surface area contributed by atoms with Crippen molar-refractivity contribution in [3.8, 4) is 0 Å². The number of nitro groups is 1. The smallest absolute Gasteiger partial charge is 0.276 e. The minimum atomic E-state index is -0.723. The van der Waals surface area contributed by atoms with Gasteiger partial charge in [-0.05, 0) is 33.7 Å². The third-order valence-electron chi connectivity index (χ3n) is 5.66. The van der Waals surface area contributed by atoms with E-state index in [1.54, 1.807) is 36.4 Å². The van der Waals surface area contributed by atoms with Crippen LogP contribution < -0.4 is 21.7 Å². The molecule has 0 saturated heterocycles. The van der Waals surface area contributed by atoms with Crippen LogP contribution in [-0.2, 0) is 0 Å². The van der Waals surface area contributed by atoms with Crippen molar-refractivity contribution < 1.29 is 14.5 Å². The first-order valence-corrected chi connectivity index (χ1v) is 11.1. The first-order valence-electron chi connectivity index (χ1n) is 11.1. The molecule has 0 atom stereocenters. The zero-order chi connectivity index (χ0) is 25.8. The molecular formula is C26H19N7O4. The fraction of sp³-hybridized carbons (Fsp3) is 0. The molecule has 0 aliphatic carbocycles. The summed E-state index contributed by atoms with van der Waals surface area (Å²) >= 11 is 0. The highest BCUT2D eigenvalue weighted by atomic mass is 16.6. The van der Waals surface area contributed by atoms with Crippen molar-refractivity contribution in [2.45, 2.75) is 0 Å². The maximum atomic E-state index is 12.8. The summed E-state index contributed by atoms with van der Waals surface area (Å²) in [5.74, 6) is -1.56. The van der Waals surface area contributed by atoms with Gasteiger partial charge in [-0.2, -0.15) is 0 Å². The summed E-state index contributed by atoms with van der Waals surface area (Å²) < 4.78 is 0. The quantitative estimate of drug-likeness (QED) is 0.194. The van der Waals surface area contributed by atoms with Crippen LogP contribution in [-0.4, -0.2) is 26.7 Å². The molecular weight excluding hydrogens is 474 g/mol. The molecule has 11 heteroatoms. The van der Waals surface area contributed by atoms with E-state index in [1.807, 2.05) is 48.5 Å². The number of carbonyl (C=O) groups is 2. The Morgan fingerprint density at radius 3 is 1.54 bits per heavy atom. The molecule has 0 radical (unpaired) electrons. The van der Waals surface area contributed by atoms with Crippen LogP contribution >= 0.6 is 0 Å². The van der Waals surface area contributed by atoms with Crippen molar-refractivity contribution in [3.05, 3.63) is 112 Å². The number of hydrogen-bond donors (Lipinski definition) is 4. The zero-order valence-electron chi connectivity index (χ0n) is 19.1. The van der Waals surface area contributed by atoms with E-state index in [0.29, 0.717) is 11.1 Å². The third-order valence-corrected chi connectivity index (χ3v) is 5.66. The Balaban J connectivity index is 1.34. The topological polar surface area (TPSA) is 151 Å². The number of carbonyl (C=O) groups excluding carboxylic acids is 2. The van der Waals surface area contributed by atoms with Crippen LogP contribution in [0.15, 0.2) is 91.3 Å². The summed E-state index contributed by atoms with van der Waals surface area (Å²) in [5.41, 5.74) is 10.1. The summed E-state index contributed by atoms with van der Waals surface area (Å²) in [7, 11) is 0. The van der Waals surface area contributed by atoms with Gasteiger partial charge in [0, 0.05) is 11.1 Å². The average molecular weight is 493 g/mol. The lowest BCUT2D eigenvalue weighted by Crippen LogP contribution is -2.32. The van der Waals surface area contributed by atoms with Crippen LogP contribution in [0.1, 0.15) is 20.7 Å². The first-order chi connectivity index (χ1) is 18.0. The van der Waals surface area contributed by atoms with Crippen molar-refractivity contribution in [1.82, 2.24) is 20.8 Å². The summed E-state index contributed by atoms with van der Waals surface area (Å²) in [6, 6.07) is 25.2. The lowest BCUT2D eigenvalue weighted by molar-refractivity contribution is -0.383. The monoisotopic (exact) mass is 493 g/mol. The highest BCUT2D eigenvalue weighted by Crippen LogP contribution is 2.28. The van der Waals surface area contributed by atoms with Crippen LogP contribution in [0.4, 0.5) is 17.3 Å². The summed E-state index contributed by atoms with van der Waals surface area (Å²) in [4.78, 5) is 44.5. The molecule has 5 aromatic rings. The van der Waals surface area contributed by atoms with Gasteiger partial charge in [0.2, 0.25) is 11.6 Å². The minimum absolute atomic E-state index is 0.268. The van der Waals surface area contributed by atoms with Crippen LogP contribution in [0.3, 0.4) is 0 Å². The number of hydrazine groups is 2. The highest BCUT2D eigenvalue weighted by Gasteiger charge is 2.24. The molecule has 0 spiro atoms. The molecule has 1 heterocycles. The Labute approximate surface area is 209 Å². The maximum absolute atomic E-state index is 12.8. The van der Waals surface area contributed by atoms with Gasteiger partial charge in [0.25, 0.3) is 11.8 Å². The van der Waals surface area contributed by atoms with E-state index in [-0.39, 0.29) is 11.6 Å². The second-order valence-corrected chi connectivity index (χ2v) is 7.89. The molecule has 5 rings (SSSR count). The second-order valence-electron chi connectivity index (χ2n) is 7.89. The fourth-order valence-corrected chi connectivity index (χ4v) is 3.95. The van der Waals surface area contributed by atoms with Gasteiger partial charge < -0.3 is 0 Å². The van der Waals surface area contributed by atoms with Gasteiger partial charge in [-0.15, -0.1) is 0 Å². The van der Waals surface area contributed by atoms with Crippen molar-refractivity contribution >= 4 is 50.7 Å². The van der Waals surface area contributed by atoms with Gasteiger partial charge >= 0.3 is 5.69 Å². The van der Waals surface area contributed by atoms with Crippen molar-refractivity contribution in [3.63, 3.8) is 0 Å². The average Bonchev–Trinajstić information content (AvgIpc) is 2.93. The second kappa shape index (κ2) is 9.96. The molecule has 0 aliphatic heterocycles. The molecule has 0 bridgehead atoms.